The van der Waals surface area contributed by atoms with Crippen molar-refractivity contribution >= 4 is 45.3 Å². The van der Waals surface area contributed by atoms with E-state index >= 15 is 0 Å². The van der Waals surface area contributed by atoms with Crippen molar-refractivity contribution in [1.29, 1.82) is 0 Å². The number of hydrogen-bond donors (Lipinski definition) is 1. The lowest BCUT2D eigenvalue weighted by molar-refractivity contribution is -0.111. The molecule has 1 heterocycles. The van der Waals surface area contributed by atoms with Crippen molar-refractivity contribution < 1.29 is 23.8 Å². The van der Waals surface area contributed by atoms with Crippen molar-refractivity contribution in [3.63, 3.8) is 0 Å². The summed E-state index contributed by atoms with van der Waals surface area (Å²) in [6.45, 7) is 4.62. The highest BCUT2D eigenvalue weighted by atomic mass is 79.9. The maximum absolute atomic E-state index is 12.5. The number of benzene rings is 2. The van der Waals surface area contributed by atoms with Gasteiger partial charge in [-0.05, 0) is 49.4 Å². The number of anilines is 2. The van der Waals surface area contributed by atoms with E-state index in [1.807, 2.05) is 24.3 Å². The average Bonchev–Trinajstić information content (AvgIpc) is 2.78. The molecule has 2 aromatic carbocycles. The van der Waals surface area contributed by atoms with Crippen molar-refractivity contribution in [3.05, 3.63) is 58.1 Å². The van der Waals surface area contributed by atoms with Gasteiger partial charge in [-0.25, -0.2) is 4.79 Å². The fourth-order valence-electron chi connectivity index (χ4n) is 3.25. The van der Waals surface area contributed by atoms with E-state index in [4.69, 9.17) is 14.2 Å². The summed E-state index contributed by atoms with van der Waals surface area (Å²) in [5.41, 5.74) is 2.46. The molecular weight excluding hydrogens is 464 g/mol. The summed E-state index contributed by atoms with van der Waals surface area (Å²) in [6.07, 6.45) is 3.09. The second kappa shape index (κ2) is 11.0. The van der Waals surface area contributed by atoms with Crippen molar-refractivity contribution in [2.75, 3.05) is 50.2 Å². The lowest BCUT2D eigenvalue weighted by atomic mass is 10.1. The highest BCUT2D eigenvalue weighted by Gasteiger charge is 2.20. The fraction of sp³-hybridized carbons (Fsp3) is 0.304. The standard InChI is InChI=1S/C23H25BrN2O5/c1-3-31-23(28)19-15-18(6-7-20(19)26-10-12-30-13-11-26)25-22(27)9-4-16-14-17(24)5-8-21(16)29-2/h4-9,14-15H,3,10-13H2,1-2H3,(H,25,27). The van der Waals surface area contributed by atoms with Gasteiger partial charge in [0.05, 0.1) is 38.2 Å². The van der Waals surface area contributed by atoms with Gasteiger partial charge in [0.1, 0.15) is 5.75 Å². The van der Waals surface area contributed by atoms with Crippen molar-refractivity contribution in [2.24, 2.45) is 0 Å². The zero-order valence-corrected chi connectivity index (χ0v) is 19.1. The van der Waals surface area contributed by atoms with E-state index in [-0.39, 0.29) is 12.5 Å². The zero-order chi connectivity index (χ0) is 22.2. The molecule has 1 amide bonds. The highest BCUT2D eigenvalue weighted by molar-refractivity contribution is 9.10. The van der Waals surface area contributed by atoms with E-state index in [1.165, 1.54) is 6.08 Å². The number of nitrogens with one attached hydrogen (secondary N) is 1. The summed E-state index contributed by atoms with van der Waals surface area (Å²) in [7, 11) is 1.58. The van der Waals surface area contributed by atoms with Crippen molar-refractivity contribution in [3.8, 4) is 5.75 Å². The van der Waals surface area contributed by atoms with Crippen LogP contribution < -0.4 is 15.0 Å². The third-order valence-electron chi connectivity index (χ3n) is 4.72. The molecule has 0 bridgehead atoms. The van der Waals surface area contributed by atoms with Crippen LogP contribution in [0.15, 0.2) is 46.9 Å². The number of morpholine rings is 1. The van der Waals surface area contributed by atoms with Gasteiger partial charge in [-0.15, -0.1) is 0 Å². The third kappa shape index (κ3) is 6.08. The predicted molar refractivity (Wildman–Crippen MR) is 124 cm³/mol. The number of ether oxygens (including phenoxy) is 3. The summed E-state index contributed by atoms with van der Waals surface area (Å²) in [6, 6.07) is 10.8. The first-order valence-electron chi connectivity index (χ1n) is 9.98. The molecule has 0 unspecified atom stereocenters. The molecule has 3 rings (SSSR count). The molecule has 7 nitrogen and oxygen atoms in total. The van der Waals surface area contributed by atoms with Gasteiger partial charge in [0, 0.05) is 34.9 Å². The number of amides is 1. The Labute approximate surface area is 190 Å². The van der Waals surface area contributed by atoms with E-state index in [9.17, 15) is 9.59 Å². The molecule has 1 N–H and O–H groups in total. The second-order valence-electron chi connectivity index (χ2n) is 6.76. The Morgan fingerprint density at radius 3 is 2.68 bits per heavy atom. The Morgan fingerprint density at radius 2 is 1.97 bits per heavy atom. The summed E-state index contributed by atoms with van der Waals surface area (Å²) < 4.78 is 16.8. The van der Waals surface area contributed by atoms with Crippen LogP contribution in [0.3, 0.4) is 0 Å². The molecule has 0 aromatic heterocycles. The third-order valence-corrected chi connectivity index (χ3v) is 5.21. The van der Waals surface area contributed by atoms with Crippen molar-refractivity contribution in [1.82, 2.24) is 0 Å². The number of rotatable bonds is 7. The van der Waals surface area contributed by atoms with Crippen LogP contribution in [0.2, 0.25) is 0 Å². The Hall–Kier alpha value is -2.84. The lowest BCUT2D eigenvalue weighted by Gasteiger charge is -2.30. The maximum Gasteiger partial charge on any atom is 0.340 e. The Bertz CT molecular complexity index is 970. The van der Waals surface area contributed by atoms with Gasteiger partial charge in [0.25, 0.3) is 0 Å². The van der Waals surface area contributed by atoms with Gasteiger partial charge in [0.15, 0.2) is 0 Å². The van der Waals surface area contributed by atoms with Crippen molar-refractivity contribution in [2.45, 2.75) is 6.92 Å². The molecule has 1 aliphatic heterocycles. The number of esters is 1. The lowest BCUT2D eigenvalue weighted by Crippen LogP contribution is -2.37. The second-order valence-corrected chi connectivity index (χ2v) is 7.68. The number of nitrogens with zero attached hydrogens (tertiary/aromatic N) is 1. The first-order valence-corrected chi connectivity index (χ1v) is 10.8. The van der Waals surface area contributed by atoms with Gasteiger partial charge in [-0.1, -0.05) is 15.9 Å². The zero-order valence-electron chi connectivity index (χ0n) is 17.5. The minimum absolute atomic E-state index is 0.273. The van der Waals surface area contributed by atoms with Crippen LogP contribution in [0, 0.1) is 0 Å². The molecule has 31 heavy (non-hydrogen) atoms. The van der Waals surface area contributed by atoms with Crippen LogP contribution in [0.5, 0.6) is 5.75 Å². The molecule has 0 radical (unpaired) electrons. The van der Waals surface area contributed by atoms with E-state index < -0.39 is 5.97 Å². The monoisotopic (exact) mass is 488 g/mol. The summed E-state index contributed by atoms with van der Waals surface area (Å²) in [5.74, 6) is -0.0859. The number of hydrogen-bond acceptors (Lipinski definition) is 6. The van der Waals surface area contributed by atoms with E-state index in [0.29, 0.717) is 43.3 Å². The Morgan fingerprint density at radius 1 is 1.19 bits per heavy atom. The predicted octanol–water partition coefficient (Wildman–Crippen LogP) is 4.12. The number of methoxy groups -OCH3 is 1. The normalized spacial score (nSPS) is 13.8. The molecule has 2 aromatic rings. The van der Waals surface area contributed by atoms with Crippen LogP contribution in [0.25, 0.3) is 6.08 Å². The van der Waals surface area contributed by atoms with Crippen LogP contribution in [0.1, 0.15) is 22.8 Å². The van der Waals surface area contributed by atoms with Gasteiger partial charge in [-0.2, -0.15) is 0 Å². The molecule has 1 fully saturated rings. The highest BCUT2D eigenvalue weighted by Crippen LogP contribution is 2.27. The largest absolute Gasteiger partial charge is 0.496 e. The van der Waals surface area contributed by atoms with E-state index in [2.05, 4.69) is 26.1 Å². The minimum Gasteiger partial charge on any atom is -0.496 e. The molecule has 0 aliphatic carbocycles. The minimum atomic E-state index is -0.422. The number of carbonyl (C=O) groups is 2. The molecule has 1 aliphatic rings. The molecular formula is C23H25BrN2O5. The Kier molecular flexibility index (Phi) is 8.08. The first-order chi connectivity index (χ1) is 15.0. The Balaban J connectivity index is 1.79. The quantitative estimate of drug-likeness (QED) is 0.466. The molecule has 0 atom stereocenters. The summed E-state index contributed by atoms with van der Waals surface area (Å²) in [5, 5.41) is 2.80. The topological polar surface area (TPSA) is 77.1 Å². The van der Waals surface area contributed by atoms with Crippen LogP contribution in [0.4, 0.5) is 11.4 Å². The average molecular weight is 489 g/mol. The molecule has 1 saturated heterocycles. The smallest absolute Gasteiger partial charge is 0.340 e. The van der Waals surface area contributed by atoms with Crippen LogP contribution >= 0.6 is 15.9 Å². The summed E-state index contributed by atoms with van der Waals surface area (Å²) in [4.78, 5) is 27.1. The molecule has 0 spiro atoms. The van der Waals surface area contributed by atoms with E-state index in [0.717, 1.165) is 15.7 Å². The molecule has 8 heteroatoms. The maximum atomic E-state index is 12.5. The van der Waals surface area contributed by atoms with E-state index in [1.54, 1.807) is 32.2 Å². The fourth-order valence-corrected chi connectivity index (χ4v) is 3.63. The molecule has 0 saturated carbocycles. The summed E-state index contributed by atoms with van der Waals surface area (Å²) >= 11 is 3.41. The number of halogens is 1. The van der Waals surface area contributed by atoms with Crippen LogP contribution in [-0.2, 0) is 14.3 Å². The number of carbonyl (C=O) groups excluding carboxylic acids is 2. The SMILES string of the molecule is CCOC(=O)c1cc(NC(=O)C=Cc2cc(Br)ccc2OC)ccc1N1CCOCC1. The van der Waals surface area contributed by atoms with Gasteiger partial charge in [0.2, 0.25) is 5.91 Å². The van der Waals surface area contributed by atoms with Gasteiger partial charge in [-0.3, -0.25) is 4.79 Å². The van der Waals surface area contributed by atoms with Crippen LogP contribution in [-0.4, -0.2) is 51.9 Å². The first kappa shape index (κ1) is 22.8. The van der Waals surface area contributed by atoms with Gasteiger partial charge < -0.3 is 24.4 Å². The van der Waals surface area contributed by atoms with Gasteiger partial charge >= 0.3 is 5.97 Å². The molecule has 164 valence electrons.